The number of pyridine rings is 1. The van der Waals surface area contributed by atoms with Gasteiger partial charge in [0.2, 0.25) is 0 Å². The van der Waals surface area contributed by atoms with Crippen LogP contribution in [0.25, 0.3) is 10.8 Å². The Morgan fingerprint density at radius 3 is 2.63 bits per heavy atom. The minimum absolute atomic E-state index is 0.135. The molecule has 2 aromatic rings. The van der Waals surface area contributed by atoms with E-state index in [1.165, 1.54) is 16.3 Å². The van der Waals surface area contributed by atoms with Crippen molar-refractivity contribution in [1.82, 2.24) is 10.3 Å². The van der Waals surface area contributed by atoms with Crippen LogP contribution in [0.3, 0.4) is 0 Å². The second-order valence-corrected chi connectivity index (χ2v) is 6.15. The van der Waals surface area contributed by atoms with Crippen LogP contribution in [-0.2, 0) is 5.41 Å². The Hall–Kier alpha value is -1.41. The van der Waals surface area contributed by atoms with E-state index in [1.807, 2.05) is 12.4 Å². The summed E-state index contributed by atoms with van der Waals surface area (Å²) in [6.07, 6.45) is 5.08. The summed E-state index contributed by atoms with van der Waals surface area (Å²) in [5.41, 5.74) is 1.48. The lowest BCUT2D eigenvalue weighted by Crippen LogP contribution is -2.29. The lowest BCUT2D eigenvalue weighted by Gasteiger charge is -2.27. The van der Waals surface area contributed by atoms with E-state index in [1.54, 1.807) is 0 Å². The molecule has 1 aromatic heterocycles. The maximum Gasteiger partial charge on any atom is 0.0346 e. The van der Waals surface area contributed by atoms with Gasteiger partial charge in [-0.2, -0.15) is 0 Å². The highest BCUT2D eigenvalue weighted by molar-refractivity contribution is 5.85. The third kappa shape index (κ3) is 3.32. The number of benzene rings is 1. The standard InChI is InChI=1S/C17H24N2/c1-13(2)19-10-9-17(3,4)16-12-18-11-14-7-5-6-8-15(14)16/h5-8,11-13,19H,9-10H2,1-4H3. The number of rotatable bonds is 5. The van der Waals surface area contributed by atoms with Gasteiger partial charge in [0, 0.05) is 23.8 Å². The molecular formula is C17H24N2. The summed E-state index contributed by atoms with van der Waals surface area (Å²) in [5, 5.41) is 6.05. The van der Waals surface area contributed by atoms with E-state index < -0.39 is 0 Å². The highest BCUT2D eigenvalue weighted by Crippen LogP contribution is 2.31. The monoisotopic (exact) mass is 256 g/mol. The maximum absolute atomic E-state index is 4.40. The molecule has 0 amide bonds. The lowest BCUT2D eigenvalue weighted by molar-refractivity contribution is 0.443. The van der Waals surface area contributed by atoms with E-state index in [0.29, 0.717) is 6.04 Å². The first-order chi connectivity index (χ1) is 9.00. The van der Waals surface area contributed by atoms with E-state index in [2.05, 4.69) is 62.3 Å². The van der Waals surface area contributed by atoms with Crippen LogP contribution in [0, 0.1) is 0 Å². The van der Waals surface area contributed by atoms with E-state index in [9.17, 15) is 0 Å². The summed E-state index contributed by atoms with van der Waals surface area (Å²) in [6.45, 7) is 10.0. The first-order valence-electron chi connectivity index (χ1n) is 7.07. The van der Waals surface area contributed by atoms with Crippen LogP contribution in [0.2, 0.25) is 0 Å². The molecule has 2 nitrogen and oxygen atoms in total. The fourth-order valence-electron chi connectivity index (χ4n) is 2.46. The summed E-state index contributed by atoms with van der Waals surface area (Å²) >= 11 is 0. The Bertz CT molecular complexity index is 538. The van der Waals surface area contributed by atoms with Crippen LogP contribution in [0.1, 0.15) is 39.7 Å². The van der Waals surface area contributed by atoms with E-state index in [-0.39, 0.29) is 5.41 Å². The molecule has 2 rings (SSSR count). The van der Waals surface area contributed by atoms with Crippen LogP contribution in [0.4, 0.5) is 0 Å². The Labute approximate surface area is 116 Å². The van der Waals surface area contributed by atoms with E-state index >= 15 is 0 Å². The fraction of sp³-hybridized carbons (Fsp3) is 0.471. The molecule has 102 valence electrons. The predicted octanol–water partition coefficient (Wildman–Crippen LogP) is 3.90. The van der Waals surface area contributed by atoms with Crippen molar-refractivity contribution >= 4 is 10.8 Å². The molecule has 19 heavy (non-hydrogen) atoms. The van der Waals surface area contributed by atoms with Gasteiger partial charge in [0.25, 0.3) is 0 Å². The largest absolute Gasteiger partial charge is 0.315 e. The summed E-state index contributed by atoms with van der Waals surface area (Å²) in [7, 11) is 0. The van der Waals surface area contributed by atoms with Crippen molar-refractivity contribution < 1.29 is 0 Å². The first-order valence-corrected chi connectivity index (χ1v) is 7.07. The molecule has 0 spiro atoms. The molecule has 0 bridgehead atoms. The van der Waals surface area contributed by atoms with Gasteiger partial charge in [-0.15, -0.1) is 0 Å². The number of aromatic nitrogens is 1. The van der Waals surface area contributed by atoms with Crippen molar-refractivity contribution in [3.8, 4) is 0 Å². The summed E-state index contributed by atoms with van der Waals surface area (Å²) in [6, 6.07) is 9.05. The average Bonchev–Trinajstić information content (AvgIpc) is 2.37. The predicted molar refractivity (Wildman–Crippen MR) is 82.5 cm³/mol. The van der Waals surface area contributed by atoms with Gasteiger partial charge in [-0.25, -0.2) is 0 Å². The molecular weight excluding hydrogens is 232 g/mol. The van der Waals surface area contributed by atoms with Gasteiger partial charge < -0.3 is 5.32 Å². The number of hydrogen-bond donors (Lipinski definition) is 1. The van der Waals surface area contributed by atoms with Gasteiger partial charge >= 0.3 is 0 Å². The van der Waals surface area contributed by atoms with Crippen molar-refractivity contribution in [2.45, 2.75) is 45.6 Å². The first kappa shape index (κ1) is 14.0. The SMILES string of the molecule is CC(C)NCCC(C)(C)c1cncc2ccccc12. The zero-order valence-corrected chi connectivity index (χ0v) is 12.4. The highest BCUT2D eigenvalue weighted by Gasteiger charge is 2.22. The third-order valence-electron chi connectivity index (χ3n) is 3.70. The van der Waals surface area contributed by atoms with Crippen LogP contribution in [0.15, 0.2) is 36.7 Å². The minimum Gasteiger partial charge on any atom is -0.315 e. The van der Waals surface area contributed by atoms with Gasteiger partial charge in [0.05, 0.1) is 0 Å². The van der Waals surface area contributed by atoms with Crippen LogP contribution < -0.4 is 5.32 Å². The second kappa shape index (κ2) is 5.70. The van der Waals surface area contributed by atoms with Gasteiger partial charge in [-0.05, 0) is 29.3 Å². The molecule has 0 fully saturated rings. The van der Waals surface area contributed by atoms with Crippen molar-refractivity contribution in [3.05, 3.63) is 42.2 Å². The molecule has 0 saturated heterocycles. The smallest absolute Gasteiger partial charge is 0.0346 e. The molecule has 0 aliphatic carbocycles. The molecule has 0 radical (unpaired) electrons. The van der Waals surface area contributed by atoms with Crippen molar-refractivity contribution in [2.75, 3.05) is 6.54 Å². The minimum atomic E-state index is 0.135. The van der Waals surface area contributed by atoms with Gasteiger partial charge in [-0.1, -0.05) is 52.0 Å². The number of nitrogens with zero attached hydrogens (tertiary/aromatic N) is 1. The van der Waals surface area contributed by atoms with Gasteiger partial charge in [0.15, 0.2) is 0 Å². The Morgan fingerprint density at radius 2 is 1.89 bits per heavy atom. The van der Waals surface area contributed by atoms with E-state index in [4.69, 9.17) is 0 Å². The number of nitrogens with one attached hydrogen (secondary N) is 1. The van der Waals surface area contributed by atoms with Crippen molar-refractivity contribution in [3.63, 3.8) is 0 Å². The Balaban J connectivity index is 2.27. The second-order valence-electron chi connectivity index (χ2n) is 6.15. The molecule has 1 N–H and O–H groups in total. The van der Waals surface area contributed by atoms with Crippen molar-refractivity contribution in [2.24, 2.45) is 0 Å². The van der Waals surface area contributed by atoms with Crippen LogP contribution in [-0.4, -0.2) is 17.6 Å². The molecule has 0 aliphatic rings. The lowest BCUT2D eigenvalue weighted by atomic mass is 9.80. The Morgan fingerprint density at radius 1 is 1.16 bits per heavy atom. The van der Waals surface area contributed by atoms with Gasteiger partial charge in [0.1, 0.15) is 0 Å². The van der Waals surface area contributed by atoms with Crippen molar-refractivity contribution in [1.29, 1.82) is 0 Å². The topological polar surface area (TPSA) is 24.9 Å². The zero-order valence-electron chi connectivity index (χ0n) is 12.4. The summed E-state index contributed by atoms with van der Waals surface area (Å²) in [5.74, 6) is 0. The van der Waals surface area contributed by atoms with Crippen LogP contribution in [0.5, 0.6) is 0 Å². The summed E-state index contributed by atoms with van der Waals surface area (Å²) in [4.78, 5) is 4.40. The number of fused-ring (bicyclic) bond motifs is 1. The average molecular weight is 256 g/mol. The number of hydrogen-bond acceptors (Lipinski definition) is 2. The molecule has 0 saturated carbocycles. The molecule has 1 aromatic carbocycles. The zero-order chi connectivity index (χ0) is 13.9. The molecule has 0 aliphatic heterocycles. The van der Waals surface area contributed by atoms with Gasteiger partial charge in [-0.3, -0.25) is 4.98 Å². The summed E-state index contributed by atoms with van der Waals surface area (Å²) < 4.78 is 0. The quantitative estimate of drug-likeness (QED) is 0.877. The highest BCUT2D eigenvalue weighted by atomic mass is 14.9. The fourth-order valence-corrected chi connectivity index (χ4v) is 2.46. The Kier molecular flexibility index (Phi) is 4.20. The maximum atomic E-state index is 4.40. The third-order valence-corrected chi connectivity index (χ3v) is 3.70. The molecule has 2 heteroatoms. The van der Waals surface area contributed by atoms with Crippen LogP contribution >= 0.6 is 0 Å². The molecule has 0 unspecified atom stereocenters. The van der Waals surface area contributed by atoms with E-state index in [0.717, 1.165) is 13.0 Å². The normalized spacial score (nSPS) is 12.3. The molecule has 0 atom stereocenters. The molecule has 1 heterocycles.